The third-order valence-corrected chi connectivity index (χ3v) is 5.62. The van der Waals surface area contributed by atoms with E-state index in [9.17, 15) is 9.59 Å². The number of hydrogen-bond acceptors (Lipinski definition) is 7. The van der Waals surface area contributed by atoms with Gasteiger partial charge in [0.2, 0.25) is 11.9 Å². The number of anilines is 1. The lowest BCUT2D eigenvalue weighted by molar-refractivity contribution is -0.119. The van der Waals surface area contributed by atoms with Crippen molar-refractivity contribution < 1.29 is 14.3 Å². The Morgan fingerprint density at radius 1 is 1.16 bits per heavy atom. The molecule has 31 heavy (non-hydrogen) atoms. The fraction of sp³-hybridized carbons (Fsp3) is 0.524. The summed E-state index contributed by atoms with van der Waals surface area (Å²) in [5.74, 6) is 1.48. The van der Waals surface area contributed by atoms with Crippen molar-refractivity contribution in [1.82, 2.24) is 25.4 Å². The summed E-state index contributed by atoms with van der Waals surface area (Å²) >= 11 is 1.48. The SMILES string of the molecule is CC(C)Cn1c(SCCC(=O)NC(=O)NCc2ccccc2)nnc1N1CCOCC1. The third-order valence-electron chi connectivity index (χ3n) is 4.65. The molecule has 1 saturated heterocycles. The Labute approximate surface area is 186 Å². The molecule has 0 atom stereocenters. The van der Waals surface area contributed by atoms with Crippen molar-refractivity contribution in [2.45, 2.75) is 38.5 Å². The molecule has 1 fully saturated rings. The fourth-order valence-electron chi connectivity index (χ4n) is 3.16. The molecule has 0 saturated carbocycles. The summed E-state index contributed by atoms with van der Waals surface area (Å²) < 4.78 is 7.55. The van der Waals surface area contributed by atoms with E-state index in [0.29, 0.717) is 31.4 Å². The summed E-state index contributed by atoms with van der Waals surface area (Å²) in [5, 5.41) is 14.6. The molecule has 1 aromatic carbocycles. The number of aromatic nitrogens is 3. The molecule has 1 aliphatic heterocycles. The summed E-state index contributed by atoms with van der Waals surface area (Å²) in [4.78, 5) is 26.2. The first-order valence-corrected chi connectivity index (χ1v) is 11.5. The monoisotopic (exact) mass is 446 g/mol. The molecule has 2 heterocycles. The summed E-state index contributed by atoms with van der Waals surface area (Å²) in [7, 11) is 0. The zero-order chi connectivity index (χ0) is 22.1. The Hall–Kier alpha value is -2.59. The van der Waals surface area contributed by atoms with Crippen LogP contribution in [-0.4, -0.2) is 58.8 Å². The van der Waals surface area contributed by atoms with Gasteiger partial charge in [0.05, 0.1) is 13.2 Å². The topological polar surface area (TPSA) is 101 Å². The molecule has 9 nitrogen and oxygen atoms in total. The van der Waals surface area contributed by atoms with Gasteiger partial charge in [-0.05, 0) is 11.5 Å². The number of nitrogens with one attached hydrogen (secondary N) is 2. The molecule has 3 amide bonds. The maximum atomic E-state index is 12.1. The van der Waals surface area contributed by atoms with Gasteiger partial charge in [0, 0.05) is 38.4 Å². The van der Waals surface area contributed by atoms with Gasteiger partial charge in [-0.25, -0.2) is 4.79 Å². The Bertz CT molecular complexity index is 852. The predicted molar refractivity (Wildman–Crippen MR) is 120 cm³/mol. The van der Waals surface area contributed by atoms with Crippen molar-refractivity contribution in [3.05, 3.63) is 35.9 Å². The first kappa shape index (κ1) is 23.1. The van der Waals surface area contributed by atoms with E-state index in [4.69, 9.17) is 4.74 Å². The Morgan fingerprint density at radius 3 is 2.61 bits per heavy atom. The normalized spacial score (nSPS) is 14.0. The standard InChI is InChI=1S/C21H30N6O3S/c1-16(2)15-27-20(26-9-11-30-12-10-26)24-25-21(27)31-13-8-18(28)23-19(29)22-14-17-6-4-3-5-7-17/h3-7,16H,8-15H2,1-2H3,(H2,22,23,28,29). The zero-order valence-electron chi connectivity index (χ0n) is 18.0. The third kappa shape index (κ3) is 7.25. The van der Waals surface area contributed by atoms with Crippen LogP contribution in [0.5, 0.6) is 0 Å². The van der Waals surface area contributed by atoms with Crippen molar-refractivity contribution in [3.63, 3.8) is 0 Å². The van der Waals surface area contributed by atoms with Crippen LogP contribution in [0, 0.1) is 5.92 Å². The van der Waals surface area contributed by atoms with Crippen LogP contribution >= 0.6 is 11.8 Å². The fourth-order valence-corrected chi connectivity index (χ4v) is 4.04. The van der Waals surface area contributed by atoms with Crippen molar-refractivity contribution in [1.29, 1.82) is 0 Å². The molecule has 10 heteroatoms. The minimum Gasteiger partial charge on any atom is -0.378 e. The lowest BCUT2D eigenvalue weighted by Crippen LogP contribution is -2.39. The zero-order valence-corrected chi connectivity index (χ0v) is 18.9. The number of urea groups is 1. The van der Waals surface area contributed by atoms with E-state index in [-0.39, 0.29) is 12.3 Å². The van der Waals surface area contributed by atoms with Gasteiger partial charge in [0.25, 0.3) is 0 Å². The molecule has 0 spiro atoms. The van der Waals surface area contributed by atoms with Gasteiger partial charge >= 0.3 is 6.03 Å². The Kier molecular flexibility index (Phi) is 8.72. The van der Waals surface area contributed by atoms with Crippen LogP contribution in [0.25, 0.3) is 0 Å². The molecular weight excluding hydrogens is 416 g/mol. The van der Waals surface area contributed by atoms with Crippen molar-refractivity contribution in [3.8, 4) is 0 Å². The summed E-state index contributed by atoms with van der Waals surface area (Å²) in [6.45, 7) is 8.43. The number of hydrogen-bond donors (Lipinski definition) is 2. The summed E-state index contributed by atoms with van der Waals surface area (Å²) in [6, 6.07) is 9.06. The first-order chi connectivity index (χ1) is 15.0. The number of imide groups is 1. The van der Waals surface area contributed by atoms with Gasteiger partial charge < -0.3 is 15.0 Å². The van der Waals surface area contributed by atoms with Gasteiger partial charge in [0.15, 0.2) is 5.16 Å². The highest BCUT2D eigenvalue weighted by Crippen LogP contribution is 2.24. The average Bonchev–Trinajstić information content (AvgIpc) is 3.15. The second kappa shape index (κ2) is 11.7. The van der Waals surface area contributed by atoms with Gasteiger partial charge in [-0.1, -0.05) is 55.9 Å². The molecule has 0 bridgehead atoms. The van der Waals surface area contributed by atoms with Crippen LogP contribution in [0.1, 0.15) is 25.8 Å². The van der Waals surface area contributed by atoms with Gasteiger partial charge in [-0.3, -0.25) is 14.7 Å². The predicted octanol–water partition coefficient (Wildman–Crippen LogP) is 2.28. The van der Waals surface area contributed by atoms with Gasteiger partial charge in [-0.2, -0.15) is 0 Å². The smallest absolute Gasteiger partial charge is 0.321 e. The minimum atomic E-state index is -0.489. The lowest BCUT2D eigenvalue weighted by atomic mass is 10.2. The van der Waals surface area contributed by atoms with E-state index in [2.05, 4.69) is 44.1 Å². The quantitative estimate of drug-likeness (QED) is 0.570. The van der Waals surface area contributed by atoms with Crippen molar-refractivity contribution >= 4 is 29.6 Å². The van der Waals surface area contributed by atoms with E-state index in [1.807, 2.05) is 30.3 Å². The number of ether oxygens (including phenoxy) is 1. The largest absolute Gasteiger partial charge is 0.378 e. The molecule has 1 aromatic heterocycles. The van der Waals surface area contributed by atoms with E-state index in [0.717, 1.165) is 36.3 Å². The van der Waals surface area contributed by atoms with E-state index in [1.165, 1.54) is 11.8 Å². The second-order valence-corrected chi connectivity index (χ2v) is 8.76. The van der Waals surface area contributed by atoms with Crippen LogP contribution in [0.3, 0.4) is 0 Å². The van der Waals surface area contributed by atoms with E-state index in [1.54, 1.807) is 0 Å². The molecule has 1 aliphatic rings. The molecule has 2 aromatic rings. The minimum absolute atomic E-state index is 0.213. The maximum Gasteiger partial charge on any atom is 0.321 e. The van der Waals surface area contributed by atoms with Crippen LogP contribution in [0.4, 0.5) is 10.7 Å². The number of rotatable bonds is 9. The number of benzene rings is 1. The molecule has 3 rings (SSSR count). The first-order valence-electron chi connectivity index (χ1n) is 10.5. The molecule has 2 N–H and O–H groups in total. The van der Waals surface area contributed by atoms with Crippen molar-refractivity contribution in [2.75, 3.05) is 37.0 Å². The highest BCUT2D eigenvalue weighted by molar-refractivity contribution is 7.99. The van der Waals surface area contributed by atoms with Crippen molar-refractivity contribution in [2.24, 2.45) is 5.92 Å². The number of amides is 3. The van der Waals surface area contributed by atoms with Crippen LogP contribution in [0.15, 0.2) is 35.5 Å². The molecule has 0 aliphatic carbocycles. The highest BCUT2D eigenvalue weighted by Gasteiger charge is 2.21. The van der Waals surface area contributed by atoms with E-state index >= 15 is 0 Å². The van der Waals surface area contributed by atoms with Crippen LogP contribution in [0.2, 0.25) is 0 Å². The molecule has 0 unspecified atom stereocenters. The van der Waals surface area contributed by atoms with Gasteiger partial charge in [-0.15, -0.1) is 10.2 Å². The van der Waals surface area contributed by atoms with Crippen LogP contribution < -0.4 is 15.5 Å². The second-order valence-electron chi connectivity index (χ2n) is 7.70. The summed E-state index contributed by atoms with van der Waals surface area (Å²) in [6.07, 6.45) is 0.213. The lowest BCUT2D eigenvalue weighted by Gasteiger charge is -2.28. The average molecular weight is 447 g/mol. The number of thioether (sulfide) groups is 1. The molecule has 168 valence electrons. The number of carbonyl (C=O) groups is 2. The number of nitrogens with zero attached hydrogens (tertiary/aromatic N) is 4. The Morgan fingerprint density at radius 2 is 1.90 bits per heavy atom. The van der Waals surface area contributed by atoms with Crippen LogP contribution in [-0.2, 0) is 22.6 Å². The van der Waals surface area contributed by atoms with Gasteiger partial charge in [0.1, 0.15) is 0 Å². The molecule has 0 radical (unpaired) electrons. The summed E-state index contributed by atoms with van der Waals surface area (Å²) in [5.41, 5.74) is 0.973. The number of carbonyl (C=O) groups excluding carboxylic acids is 2. The Balaban J connectivity index is 1.47. The van der Waals surface area contributed by atoms with E-state index < -0.39 is 6.03 Å². The number of morpholine rings is 1. The molecular formula is C21H30N6O3S. The highest BCUT2D eigenvalue weighted by atomic mass is 32.2. The maximum absolute atomic E-state index is 12.1.